The summed E-state index contributed by atoms with van der Waals surface area (Å²) in [7, 11) is 0. The van der Waals surface area contributed by atoms with E-state index < -0.39 is 17.6 Å². The predicted molar refractivity (Wildman–Crippen MR) is 59.2 cm³/mol. The van der Waals surface area contributed by atoms with Crippen LogP contribution in [0.1, 0.15) is 32.1 Å². The second-order valence-corrected chi connectivity index (χ2v) is 4.48. The van der Waals surface area contributed by atoms with E-state index in [1.54, 1.807) is 0 Å². The predicted octanol–water partition coefficient (Wildman–Crippen LogP) is 3.49. The molecule has 0 amide bonds. The molecule has 1 aliphatic carbocycles. The number of rotatable bonds is 3. The number of anilines is 1. The summed E-state index contributed by atoms with van der Waals surface area (Å²) in [6.45, 7) is 0.564. The molecule has 1 N–H and O–H groups in total. The van der Waals surface area contributed by atoms with Crippen molar-refractivity contribution in [1.29, 1.82) is 0 Å². The van der Waals surface area contributed by atoms with Gasteiger partial charge in [-0.25, -0.2) is 8.78 Å². The van der Waals surface area contributed by atoms with Crippen molar-refractivity contribution in [3.8, 4) is 0 Å². The lowest BCUT2D eigenvalue weighted by Crippen LogP contribution is -2.18. The molecule has 17 heavy (non-hydrogen) atoms. The van der Waals surface area contributed by atoms with Crippen molar-refractivity contribution >= 4 is 5.82 Å². The highest BCUT2D eigenvalue weighted by molar-refractivity contribution is 5.36. The van der Waals surface area contributed by atoms with Gasteiger partial charge in [-0.3, -0.25) is 0 Å². The van der Waals surface area contributed by atoms with Gasteiger partial charge in [-0.05, 0) is 18.8 Å². The maximum absolute atomic E-state index is 13.3. The number of nitrogens with zero attached hydrogens (tertiary/aromatic N) is 1. The smallest absolute Gasteiger partial charge is 0.251 e. The van der Waals surface area contributed by atoms with Crippen LogP contribution in [0.15, 0.2) is 6.07 Å². The van der Waals surface area contributed by atoms with E-state index in [1.165, 1.54) is 19.3 Å². The first-order valence-corrected chi connectivity index (χ1v) is 5.92. The van der Waals surface area contributed by atoms with Crippen LogP contribution >= 0.6 is 0 Å². The molecule has 0 bridgehead atoms. The van der Waals surface area contributed by atoms with Crippen molar-refractivity contribution in [1.82, 2.24) is 4.98 Å². The van der Waals surface area contributed by atoms with Gasteiger partial charge < -0.3 is 5.32 Å². The van der Waals surface area contributed by atoms with E-state index >= 15 is 0 Å². The van der Waals surface area contributed by atoms with Crippen LogP contribution in [0, 0.1) is 23.5 Å². The molecular formula is C12H15F3N2. The quantitative estimate of drug-likeness (QED) is 0.823. The average Bonchev–Trinajstić information content (AvgIpc) is 2.33. The molecule has 1 aromatic heterocycles. The first-order valence-electron chi connectivity index (χ1n) is 5.92. The van der Waals surface area contributed by atoms with Gasteiger partial charge in [0, 0.05) is 12.6 Å². The number of halogens is 3. The minimum atomic E-state index is -1.27. The van der Waals surface area contributed by atoms with Gasteiger partial charge in [-0.1, -0.05) is 19.3 Å². The number of hydrogen-bond acceptors (Lipinski definition) is 2. The van der Waals surface area contributed by atoms with Crippen LogP contribution in [-0.2, 0) is 0 Å². The largest absolute Gasteiger partial charge is 0.367 e. The minimum Gasteiger partial charge on any atom is -0.367 e. The lowest BCUT2D eigenvalue weighted by molar-refractivity contribution is 0.372. The van der Waals surface area contributed by atoms with Crippen molar-refractivity contribution in [2.75, 3.05) is 11.9 Å². The number of hydrogen-bond donors (Lipinski definition) is 1. The van der Waals surface area contributed by atoms with E-state index in [1.807, 2.05) is 0 Å². The third-order valence-electron chi connectivity index (χ3n) is 3.17. The summed E-state index contributed by atoms with van der Waals surface area (Å²) in [5.74, 6) is -3.10. The summed E-state index contributed by atoms with van der Waals surface area (Å²) in [5, 5.41) is 2.76. The Morgan fingerprint density at radius 2 is 1.82 bits per heavy atom. The zero-order valence-corrected chi connectivity index (χ0v) is 9.48. The second-order valence-electron chi connectivity index (χ2n) is 4.48. The third-order valence-corrected chi connectivity index (χ3v) is 3.17. The van der Waals surface area contributed by atoms with Crippen LogP contribution in [0.3, 0.4) is 0 Å². The van der Waals surface area contributed by atoms with Gasteiger partial charge in [0.05, 0.1) is 0 Å². The fourth-order valence-electron chi connectivity index (χ4n) is 2.20. The van der Waals surface area contributed by atoms with Crippen LogP contribution in [0.2, 0.25) is 0 Å². The van der Waals surface area contributed by atoms with Gasteiger partial charge in [-0.15, -0.1) is 0 Å². The Labute approximate surface area is 98.2 Å². The Kier molecular flexibility index (Phi) is 3.86. The average molecular weight is 244 g/mol. The van der Waals surface area contributed by atoms with Crippen molar-refractivity contribution in [3.05, 3.63) is 23.6 Å². The normalized spacial score (nSPS) is 17.1. The molecule has 1 fully saturated rings. The Hall–Kier alpha value is -1.26. The van der Waals surface area contributed by atoms with E-state index in [-0.39, 0.29) is 5.82 Å². The molecule has 1 aromatic rings. The van der Waals surface area contributed by atoms with Gasteiger partial charge in [0.25, 0.3) is 5.95 Å². The lowest BCUT2D eigenvalue weighted by atomic mass is 9.89. The van der Waals surface area contributed by atoms with Crippen LogP contribution in [0.4, 0.5) is 19.0 Å². The summed E-state index contributed by atoms with van der Waals surface area (Å²) in [4.78, 5) is 3.23. The molecule has 0 aromatic carbocycles. The van der Waals surface area contributed by atoms with Crippen molar-refractivity contribution in [2.45, 2.75) is 32.1 Å². The molecule has 0 atom stereocenters. The molecule has 2 nitrogen and oxygen atoms in total. The van der Waals surface area contributed by atoms with Crippen molar-refractivity contribution in [3.63, 3.8) is 0 Å². The molecule has 0 unspecified atom stereocenters. The molecule has 5 heteroatoms. The molecule has 0 aliphatic heterocycles. The van der Waals surface area contributed by atoms with E-state index in [4.69, 9.17) is 0 Å². The standard InChI is InChI=1S/C12H15F3N2/c13-9-6-10(14)12(17-11(9)15)16-7-8-4-2-1-3-5-8/h6,8H,1-5,7H2,(H,16,17). The molecule has 1 saturated carbocycles. The van der Waals surface area contributed by atoms with Crippen molar-refractivity contribution < 1.29 is 13.2 Å². The van der Waals surface area contributed by atoms with Crippen molar-refractivity contribution in [2.24, 2.45) is 5.92 Å². The fourth-order valence-corrected chi connectivity index (χ4v) is 2.20. The highest BCUT2D eigenvalue weighted by atomic mass is 19.2. The van der Waals surface area contributed by atoms with E-state index in [9.17, 15) is 13.2 Å². The Morgan fingerprint density at radius 1 is 1.12 bits per heavy atom. The highest BCUT2D eigenvalue weighted by Gasteiger charge is 2.15. The van der Waals surface area contributed by atoms with Gasteiger partial charge in [0.2, 0.25) is 0 Å². The lowest BCUT2D eigenvalue weighted by Gasteiger charge is -2.22. The minimum absolute atomic E-state index is 0.200. The Morgan fingerprint density at radius 3 is 2.53 bits per heavy atom. The van der Waals surface area contributed by atoms with Crippen LogP contribution < -0.4 is 5.32 Å². The van der Waals surface area contributed by atoms with Crippen LogP contribution in [0.25, 0.3) is 0 Å². The number of aromatic nitrogens is 1. The third kappa shape index (κ3) is 3.11. The van der Waals surface area contributed by atoms with Gasteiger partial charge in [-0.2, -0.15) is 9.37 Å². The summed E-state index contributed by atoms with van der Waals surface area (Å²) >= 11 is 0. The monoisotopic (exact) mass is 244 g/mol. The van der Waals surface area contributed by atoms with Gasteiger partial charge in [0.1, 0.15) is 0 Å². The summed E-state index contributed by atoms with van der Waals surface area (Å²) in [6.07, 6.45) is 5.80. The van der Waals surface area contributed by atoms with Crippen LogP contribution in [0.5, 0.6) is 0 Å². The molecule has 1 heterocycles. The summed E-state index contributed by atoms with van der Waals surface area (Å²) in [6, 6.07) is 0.519. The van der Waals surface area contributed by atoms with Crippen LogP contribution in [-0.4, -0.2) is 11.5 Å². The number of pyridine rings is 1. The zero-order chi connectivity index (χ0) is 12.3. The maximum atomic E-state index is 13.3. The van der Waals surface area contributed by atoms with Gasteiger partial charge >= 0.3 is 0 Å². The topological polar surface area (TPSA) is 24.9 Å². The first-order chi connectivity index (χ1) is 8.16. The molecule has 0 saturated heterocycles. The molecular weight excluding hydrogens is 229 g/mol. The fraction of sp³-hybridized carbons (Fsp3) is 0.583. The Balaban J connectivity index is 1.96. The van der Waals surface area contributed by atoms with E-state index in [2.05, 4.69) is 10.3 Å². The SMILES string of the molecule is Fc1cc(F)c(NCC2CCCCC2)nc1F. The second kappa shape index (κ2) is 5.38. The number of nitrogens with one attached hydrogen (secondary N) is 1. The van der Waals surface area contributed by atoms with Gasteiger partial charge in [0.15, 0.2) is 17.5 Å². The molecule has 2 rings (SSSR count). The Bertz CT molecular complexity index is 390. The first kappa shape index (κ1) is 12.2. The van der Waals surface area contributed by atoms with E-state index in [0.29, 0.717) is 18.5 Å². The molecule has 1 aliphatic rings. The maximum Gasteiger partial charge on any atom is 0.251 e. The molecule has 0 radical (unpaired) electrons. The molecule has 0 spiro atoms. The highest BCUT2D eigenvalue weighted by Crippen LogP contribution is 2.24. The summed E-state index contributed by atoms with van der Waals surface area (Å²) < 4.78 is 38.7. The summed E-state index contributed by atoms with van der Waals surface area (Å²) in [5.41, 5.74) is 0. The molecule has 94 valence electrons. The zero-order valence-electron chi connectivity index (χ0n) is 9.48. The van der Waals surface area contributed by atoms with E-state index in [0.717, 1.165) is 12.8 Å².